The summed E-state index contributed by atoms with van der Waals surface area (Å²) in [6.07, 6.45) is 0. The highest BCUT2D eigenvalue weighted by Gasteiger charge is 2.28. The van der Waals surface area contributed by atoms with Crippen molar-refractivity contribution in [2.75, 3.05) is 6.61 Å². The molecule has 0 aromatic heterocycles. The predicted octanol–water partition coefficient (Wildman–Crippen LogP) is 3.48. The first-order valence-corrected chi connectivity index (χ1v) is 5.40. The lowest BCUT2D eigenvalue weighted by atomic mass is 9.95. The van der Waals surface area contributed by atoms with Crippen LogP contribution in [0, 0.1) is 5.41 Å². The third-order valence-electron chi connectivity index (χ3n) is 2.08. The lowest BCUT2D eigenvalue weighted by molar-refractivity contribution is -0.148. The van der Waals surface area contributed by atoms with Gasteiger partial charge in [-0.05, 0) is 26.0 Å². The molecule has 0 radical (unpaired) electrons. The minimum absolute atomic E-state index is 0.0302. The van der Waals surface area contributed by atoms with E-state index in [9.17, 15) is 4.79 Å². The molecule has 0 bridgehead atoms. The molecule has 0 atom stereocenters. The van der Waals surface area contributed by atoms with E-state index in [1.807, 2.05) is 0 Å². The summed E-state index contributed by atoms with van der Waals surface area (Å²) in [6.45, 7) is 3.18. The molecular formula is C11H12Cl2O3. The van der Waals surface area contributed by atoms with Gasteiger partial charge in [0.1, 0.15) is 17.4 Å². The van der Waals surface area contributed by atoms with E-state index in [2.05, 4.69) is 0 Å². The Balaban J connectivity index is 2.76. The molecule has 0 amide bonds. The van der Waals surface area contributed by atoms with Crippen LogP contribution in [0.15, 0.2) is 18.2 Å². The van der Waals surface area contributed by atoms with E-state index >= 15 is 0 Å². The molecule has 1 rings (SSSR count). The Hall–Kier alpha value is -0.930. The summed E-state index contributed by atoms with van der Waals surface area (Å²) in [4.78, 5) is 10.9. The van der Waals surface area contributed by atoms with Crippen molar-refractivity contribution in [2.24, 2.45) is 5.41 Å². The highest BCUT2D eigenvalue weighted by Crippen LogP contribution is 2.32. The highest BCUT2D eigenvalue weighted by molar-refractivity contribution is 6.42. The zero-order chi connectivity index (χ0) is 12.3. The van der Waals surface area contributed by atoms with Gasteiger partial charge >= 0.3 is 5.97 Å². The summed E-state index contributed by atoms with van der Waals surface area (Å²) in [7, 11) is 0. The molecule has 16 heavy (non-hydrogen) atoms. The van der Waals surface area contributed by atoms with Crippen LogP contribution in [-0.2, 0) is 4.79 Å². The van der Waals surface area contributed by atoms with Gasteiger partial charge in [0.25, 0.3) is 0 Å². The molecule has 1 aromatic carbocycles. The maximum atomic E-state index is 10.9. The normalized spacial score (nSPS) is 11.2. The summed E-state index contributed by atoms with van der Waals surface area (Å²) >= 11 is 11.7. The number of benzene rings is 1. The van der Waals surface area contributed by atoms with Crippen molar-refractivity contribution < 1.29 is 14.6 Å². The van der Waals surface area contributed by atoms with Crippen molar-refractivity contribution in [3.63, 3.8) is 0 Å². The molecule has 0 saturated carbocycles. The van der Waals surface area contributed by atoms with Gasteiger partial charge in [-0.15, -0.1) is 0 Å². The van der Waals surface area contributed by atoms with Crippen LogP contribution in [0.3, 0.4) is 0 Å². The zero-order valence-electron chi connectivity index (χ0n) is 8.96. The second-order valence-corrected chi connectivity index (χ2v) is 4.81. The van der Waals surface area contributed by atoms with Crippen molar-refractivity contribution in [2.45, 2.75) is 13.8 Å². The molecule has 0 unspecified atom stereocenters. The molecular weight excluding hydrogens is 251 g/mol. The Morgan fingerprint density at radius 3 is 2.62 bits per heavy atom. The van der Waals surface area contributed by atoms with Gasteiger partial charge < -0.3 is 9.84 Å². The van der Waals surface area contributed by atoms with Gasteiger partial charge in [-0.2, -0.15) is 0 Å². The largest absolute Gasteiger partial charge is 0.491 e. The van der Waals surface area contributed by atoms with Crippen LogP contribution in [0.2, 0.25) is 10.0 Å². The molecule has 0 saturated heterocycles. The molecule has 0 aliphatic rings. The summed E-state index contributed by atoms with van der Waals surface area (Å²) in [5.41, 5.74) is -0.967. The Morgan fingerprint density at radius 2 is 2.06 bits per heavy atom. The fourth-order valence-corrected chi connectivity index (χ4v) is 1.26. The molecule has 3 nitrogen and oxygen atoms in total. The first-order chi connectivity index (χ1) is 7.34. The molecule has 0 heterocycles. The number of carbonyl (C=O) groups is 1. The molecule has 0 spiro atoms. The van der Waals surface area contributed by atoms with Crippen LogP contribution in [0.25, 0.3) is 0 Å². The maximum Gasteiger partial charge on any atom is 0.312 e. The van der Waals surface area contributed by atoms with Crippen LogP contribution in [0.4, 0.5) is 0 Å². The van der Waals surface area contributed by atoms with Gasteiger partial charge in [0.2, 0.25) is 0 Å². The molecule has 1 aromatic rings. The molecule has 5 heteroatoms. The fraction of sp³-hybridized carbons (Fsp3) is 0.364. The van der Waals surface area contributed by atoms with E-state index in [1.165, 1.54) is 0 Å². The van der Waals surface area contributed by atoms with Crippen LogP contribution in [0.1, 0.15) is 13.8 Å². The number of ether oxygens (including phenoxy) is 1. The maximum absolute atomic E-state index is 10.9. The zero-order valence-corrected chi connectivity index (χ0v) is 10.5. The minimum Gasteiger partial charge on any atom is -0.491 e. The van der Waals surface area contributed by atoms with Crippen LogP contribution < -0.4 is 4.74 Å². The Kier molecular flexibility index (Phi) is 4.05. The number of halogens is 2. The summed E-state index contributed by atoms with van der Waals surface area (Å²) in [5, 5.41) is 9.58. The average molecular weight is 263 g/mol. The van der Waals surface area contributed by atoms with Gasteiger partial charge in [0, 0.05) is 0 Å². The van der Waals surface area contributed by atoms with Gasteiger partial charge in [-0.25, -0.2) is 0 Å². The van der Waals surface area contributed by atoms with Crippen molar-refractivity contribution >= 4 is 29.2 Å². The third-order valence-corrected chi connectivity index (χ3v) is 2.89. The summed E-state index contributed by atoms with van der Waals surface area (Å²) < 4.78 is 5.35. The summed E-state index contributed by atoms with van der Waals surface area (Å²) in [6, 6.07) is 4.97. The van der Waals surface area contributed by atoms with Crippen molar-refractivity contribution in [1.82, 2.24) is 0 Å². The standard InChI is InChI=1S/C11H12Cl2O3/c1-11(2,10(14)15)6-16-8-5-3-4-7(12)9(8)13/h3-5H,6H2,1-2H3,(H,14,15). The van der Waals surface area contributed by atoms with Crippen LogP contribution in [-0.4, -0.2) is 17.7 Å². The lowest BCUT2D eigenvalue weighted by Gasteiger charge is -2.20. The fourth-order valence-electron chi connectivity index (χ4n) is 0.915. The second-order valence-electron chi connectivity index (χ2n) is 4.03. The first-order valence-electron chi connectivity index (χ1n) is 4.65. The molecule has 0 fully saturated rings. The van der Waals surface area contributed by atoms with E-state index in [1.54, 1.807) is 32.0 Å². The van der Waals surface area contributed by atoms with Crippen LogP contribution in [0.5, 0.6) is 5.75 Å². The molecule has 1 N–H and O–H groups in total. The number of hydrogen-bond acceptors (Lipinski definition) is 2. The lowest BCUT2D eigenvalue weighted by Crippen LogP contribution is -2.30. The second kappa shape index (κ2) is 4.93. The van der Waals surface area contributed by atoms with Crippen molar-refractivity contribution in [1.29, 1.82) is 0 Å². The molecule has 0 aliphatic heterocycles. The number of aliphatic carboxylic acids is 1. The summed E-state index contributed by atoms with van der Waals surface area (Å²) in [5.74, 6) is -0.533. The van der Waals surface area contributed by atoms with Crippen LogP contribution >= 0.6 is 23.2 Å². The Morgan fingerprint density at radius 1 is 1.44 bits per heavy atom. The van der Waals surface area contributed by atoms with Gasteiger partial charge in [0.05, 0.1) is 10.4 Å². The predicted molar refractivity (Wildman–Crippen MR) is 63.4 cm³/mol. The number of hydrogen-bond donors (Lipinski definition) is 1. The van der Waals surface area contributed by atoms with E-state index in [0.29, 0.717) is 15.8 Å². The van der Waals surface area contributed by atoms with Crippen molar-refractivity contribution in [3.8, 4) is 5.75 Å². The van der Waals surface area contributed by atoms with Gasteiger partial charge in [0.15, 0.2) is 0 Å². The number of carboxylic acid groups (broad SMARTS) is 1. The quantitative estimate of drug-likeness (QED) is 0.904. The average Bonchev–Trinajstić information content (AvgIpc) is 2.20. The topological polar surface area (TPSA) is 46.5 Å². The monoisotopic (exact) mass is 262 g/mol. The van der Waals surface area contributed by atoms with E-state index in [0.717, 1.165) is 0 Å². The number of carboxylic acids is 1. The minimum atomic E-state index is -0.967. The SMILES string of the molecule is CC(C)(COc1cccc(Cl)c1Cl)C(=O)O. The Bertz CT molecular complexity index is 402. The van der Waals surface area contributed by atoms with E-state index in [4.69, 9.17) is 33.0 Å². The molecule has 0 aliphatic carbocycles. The number of rotatable bonds is 4. The molecule has 88 valence electrons. The first kappa shape index (κ1) is 13.1. The van der Waals surface area contributed by atoms with E-state index < -0.39 is 11.4 Å². The third kappa shape index (κ3) is 3.03. The smallest absolute Gasteiger partial charge is 0.312 e. The highest BCUT2D eigenvalue weighted by atomic mass is 35.5. The van der Waals surface area contributed by atoms with E-state index in [-0.39, 0.29) is 6.61 Å². The van der Waals surface area contributed by atoms with Gasteiger partial charge in [-0.3, -0.25) is 4.79 Å². The Labute approximate surface area is 104 Å². The van der Waals surface area contributed by atoms with Crippen molar-refractivity contribution in [3.05, 3.63) is 28.2 Å². The van der Waals surface area contributed by atoms with Gasteiger partial charge in [-0.1, -0.05) is 29.3 Å².